The molecule has 0 N–H and O–H groups in total. The van der Waals surface area contributed by atoms with Gasteiger partial charge in [0.25, 0.3) is 0 Å². The molecule has 1 unspecified atom stereocenters. The average molecular weight is 195 g/mol. The molecule has 1 atom stereocenters. The van der Waals surface area contributed by atoms with Crippen LogP contribution in [0.4, 0.5) is 0 Å². The smallest absolute Gasteiger partial charge is 0.189 e. The zero-order valence-corrected chi connectivity index (χ0v) is 9.13. The van der Waals surface area contributed by atoms with Crippen LogP contribution in [0.15, 0.2) is 0 Å². The van der Waals surface area contributed by atoms with Crippen LogP contribution in [-0.2, 0) is 9.09 Å². The van der Waals surface area contributed by atoms with Gasteiger partial charge in [-0.05, 0) is 13.8 Å². The van der Waals surface area contributed by atoms with E-state index in [9.17, 15) is 9.46 Å². The Morgan fingerprint density at radius 1 is 1.42 bits per heavy atom. The molecule has 0 heterocycles. The SMILES string of the molecule is CCOP(=O)([O-])C[N+](C)(C)CC. The molecule has 74 valence electrons. The fourth-order valence-electron chi connectivity index (χ4n) is 0.806. The average Bonchev–Trinajstić information content (AvgIpc) is 1.85. The number of quaternary nitrogens is 1. The van der Waals surface area contributed by atoms with Gasteiger partial charge >= 0.3 is 0 Å². The van der Waals surface area contributed by atoms with Crippen molar-refractivity contribution in [3.05, 3.63) is 0 Å². The Labute approximate surface area is 74.3 Å². The van der Waals surface area contributed by atoms with E-state index in [1.165, 1.54) is 0 Å². The number of hydrogen-bond acceptors (Lipinski definition) is 3. The van der Waals surface area contributed by atoms with E-state index in [-0.39, 0.29) is 12.9 Å². The van der Waals surface area contributed by atoms with Crippen molar-refractivity contribution in [1.29, 1.82) is 0 Å². The molecule has 0 spiro atoms. The zero-order valence-electron chi connectivity index (χ0n) is 8.24. The second kappa shape index (κ2) is 4.38. The van der Waals surface area contributed by atoms with E-state index < -0.39 is 7.60 Å². The summed E-state index contributed by atoms with van der Waals surface area (Å²) in [6, 6.07) is 0. The fourth-order valence-corrected chi connectivity index (χ4v) is 2.42. The summed E-state index contributed by atoms with van der Waals surface area (Å²) >= 11 is 0. The van der Waals surface area contributed by atoms with E-state index in [1.807, 2.05) is 21.0 Å². The highest BCUT2D eigenvalue weighted by molar-refractivity contribution is 7.51. The van der Waals surface area contributed by atoms with Crippen molar-refractivity contribution < 1.29 is 18.5 Å². The van der Waals surface area contributed by atoms with Gasteiger partial charge in [0.1, 0.15) is 6.29 Å². The van der Waals surface area contributed by atoms with E-state index in [0.717, 1.165) is 6.54 Å². The van der Waals surface area contributed by atoms with Gasteiger partial charge in [-0.15, -0.1) is 0 Å². The van der Waals surface area contributed by atoms with Crippen LogP contribution in [0.25, 0.3) is 0 Å². The molecular weight excluding hydrogens is 177 g/mol. The molecule has 0 amide bonds. The molecule has 0 aromatic carbocycles. The van der Waals surface area contributed by atoms with Crippen molar-refractivity contribution in [2.24, 2.45) is 0 Å². The Morgan fingerprint density at radius 2 is 1.92 bits per heavy atom. The lowest BCUT2D eigenvalue weighted by Gasteiger charge is -2.34. The predicted octanol–water partition coefficient (Wildman–Crippen LogP) is 0.630. The quantitative estimate of drug-likeness (QED) is 0.477. The van der Waals surface area contributed by atoms with Crippen LogP contribution in [0.5, 0.6) is 0 Å². The van der Waals surface area contributed by atoms with E-state index >= 15 is 0 Å². The van der Waals surface area contributed by atoms with Gasteiger partial charge in [0.05, 0.1) is 27.2 Å². The normalized spacial score (nSPS) is 17.4. The van der Waals surface area contributed by atoms with E-state index in [2.05, 4.69) is 4.52 Å². The summed E-state index contributed by atoms with van der Waals surface area (Å²) in [6.45, 7) is 4.63. The lowest BCUT2D eigenvalue weighted by atomic mass is 10.6. The summed E-state index contributed by atoms with van der Waals surface area (Å²) in [7, 11) is 0.121. The largest absolute Gasteiger partial charge is 0.774 e. The first kappa shape index (κ1) is 12.1. The van der Waals surface area contributed by atoms with Crippen molar-refractivity contribution in [2.45, 2.75) is 13.8 Å². The molecule has 0 radical (unpaired) electrons. The van der Waals surface area contributed by atoms with E-state index in [0.29, 0.717) is 4.48 Å². The molecule has 0 aromatic heterocycles. The molecule has 4 nitrogen and oxygen atoms in total. The molecule has 0 saturated carbocycles. The Bertz CT molecular complexity index is 181. The lowest BCUT2D eigenvalue weighted by molar-refractivity contribution is -0.878. The molecule has 0 aromatic rings. The molecule has 0 bridgehead atoms. The van der Waals surface area contributed by atoms with Gasteiger partial charge in [0.2, 0.25) is 0 Å². The summed E-state index contributed by atoms with van der Waals surface area (Å²) in [5, 5.41) is 0. The summed E-state index contributed by atoms with van der Waals surface area (Å²) in [6.07, 6.45) is 0.0668. The van der Waals surface area contributed by atoms with Crippen LogP contribution >= 0.6 is 7.60 Å². The van der Waals surface area contributed by atoms with Gasteiger partial charge in [0.15, 0.2) is 7.60 Å². The first-order chi connectivity index (χ1) is 5.33. The van der Waals surface area contributed by atoms with Crippen LogP contribution < -0.4 is 4.89 Å². The molecule has 0 saturated heterocycles. The first-order valence-corrected chi connectivity index (χ1v) is 5.82. The van der Waals surface area contributed by atoms with Crippen molar-refractivity contribution in [1.82, 2.24) is 0 Å². The molecule has 0 rings (SSSR count). The number of nitrogens with zero attached hydrogens (tertiary/aromatic N) is 1. The third-order valence-electron chi connectivity index (χ3n) is 1.74. The Morgan fingerprint density at radius 3 is 2.25 bits per heavy atom. The first-order valence-electron chi connectivity index (χ1n) is 4.09. The van der Waals surface area contributed by atoms with Crippen LogP contribution in [-0.4, -0.2) is 38.0 Å². The minimum absolute atomic E-state index is 0.0668. The maximum Gasteiger partial charge on any atom is 0.189 e. The Hall–Kier alpha value is 0.110. The standard InChI is InChI=1S/C7H18NO3P/c1-5-8(3,4)7-12(9,10)11-6-2/h5-7H2,1-4H3. The van der Waals surface area contributed by atoms with Crippen LogP contribution in [0.2, 0.25) is 0 Å². The second-order valence-electron chi connectivity index (χ2n) is 3.42. The summed E-state index contributed by atoms with van der Waals surface area (Å²) in [4.78, 5) is 11.2. The van der Waals surface area contributed by atoms with Gasteiger partial charge < -0.3 is 18.5 Å². The predicted molar refractivity (Wildman–Crippen MR) is 46.7 cm³/mol. The van der Waals surface area contributed by atoms with Crippen molar-refractivity contribution >= 4 is 7.60 Å². The second-order valence-corrected chi connectivity index (χ2v) is 5.18. The van der Waals surface area contributed by atoms with Crippen LogP contribution in [0.3, 0.4) is 0 Å². The van der Waals surface area contributed by atoms with Crippen LogP contribution in [0, 0.1) is 0 Å². The number of hydrogen-bond donors (Lipinski definition) is 0. The van der Waals surface area contributed by atoms with Crippen molar-refractivity contribution in [3.8, 4) is 0 Å². The lowest BCUT2D eigenvalue weighted by Crippen LogP contribution is -2.41. The van der Waals surface area contributed by atoms with Gasteiger partial charge in [-0.2, -0.15) is 0 Å². The highest BCUT2D eigenvalue weighted by atomic mass is 31.2. The molecule has 0 aliphatic heterocycles. The third-order valence-corrected chi connectivity index (χ3v) is 3.50. The minimum atomic E-state index is -3.61. The summed E-state index contributed by atoms with van der Waals surface area (Å²) < 4.78 is 16.3. The monoisotopic (exact) mass is 195 g/mol. The van der Waals surface area contributed by atoms with E-state index in [4.69, 9.17) is 0 Å². The molecule has 0 aliphatic carbocycles. The maximum absolute atomic E-state index is 11.2. The van der Waals surface area contributed by atoms with Gasteiger partial charge in [-0.1, -0.05) is 0 Å². The minimum Gasteiger partial charge on any atom is -0.774 e. The topological polar surface area (TPSA) is 49.4 Å². The van der Waals surface area contributed by atoms with Crippen molar-refractivity contribution in [3.63, 3.8) is 0 Å². The molecule has 12 heavy (non-hydrogen) atoms. The molecular formula is C7H18NO3P. The Balaban J connectivity index is 4.14. The summed E-state index contributed by atoms with van der Waals surface area (Å²) in [5.41, 5.74) is 0. The van der Waals surface area contributed by atoms with Gasteiger partial charge in [0, 0.05) is 0 Å². The third kappa shape index (κ3) is 4.88. The summed E-state index contributed by atoms with van der Waals surface area (Å²) in [5.74, 6) is 0. The van der Waals surface area contributed by atoms with Gasteiger partial charge in [-0.3, -0.25) is 0 Å². The van der Waals surface area contributed by atoms with E-state index in [1.54, 1.807) is 6.92 Å². The highest BCUT2D eigenvalue weighted by Gasteiger charge is 2.21. The van der Waals surface area contributed by atoms with Crippen molar-refractivity contribution in [2.75, 3.05) is 33.5 Å². The molecule has 0 aliphatic rings. The fraction of sp³-hybridized carbons (Fsp3) is 1.00. The molecule has 0 fully saturated rings. The van der Waals surface area contributed by atoms with Gasteiger partial charge in [-0.25, -0.2) is 0 Å². The number of rotatable bonds is 5. The zero-order chi connectivity index (χ0) is 9.83. The van der Waals surface area contributed by atoms with Crippen LogP contribution in [0.1, 0.15) is 13.8 Å². The Kier molecular flexibility index (Phi) is 4.42. The maximum atomic E-state index is 11.2. The highest BCUT2D eigenvalue weighted by Crippen LogP contribution is 2.38. The molecule has 5 heteroatoms.